The van der Waals surface area contributed by atoms with Crippen LogP contribution < -0.4 is 14.8 Å². The summed E-state index contributed by atoms with van der Waals surface area (Å²) in [6.07, 6.45) is 5.88. The Morgan fingerprint density at radius 2 is 2.10 bits per heavy atom. The van der Waals surface area contributed by atoms with E-state index < -0.39 is 0 Å². The average Bonchev–Trinajstić information content (AvgIpc) is 2.46. The van der Waals surface area contributed by atoms with Gasteiger partial charge in [-0.2, -0.15) is 0 Å². The van der Waals surface area contributed by atoms with Crippen molar-refractivity contribution in [3.63, 3.8) is 0 Å². The second kappa shape index (κ2) is 5.52. The largest absolute Gasteiger partial charge is 0.497 e. The van der Waals surface area contributed by atoms with Gasteiger partial charge >= 0.3 is 0 Å². The third kappa shape index (κ3) is 2.57. The molecule has 1 N–H and O–H groups in total. The number of nitrogens with one attached hydrogen (secondary N) is 1. The van der Waals surface area contributed by atoms with Gasteiger partial charge in [-0.15, -0.1) is 0 Å². The topological polar surface area (TPSA) is 39.7 Å². The van der Waals surface area contributed by atoms with E-state index >= 15 is 0 Å². The molecule has 110 valence electrons. The molecule has 0 aromatic heterocycles. The maximum absolute atomic E-state index is 5.97. The molecular formula is C16H23NO3. The van der Waals surface area contributed by atoms with E-state index in [9.17, 15) is 0 Å². The fraction of sp³-hybridized carbons (Fsp3) is 0.625. The van der Waals surface area contributed by atoms with E-state index in [1.165, 1.54) is 19.3 Å². The van der Waals surface area contributed by atoms with E-state index in [0.717, 1.165) is 36.6 Å². The van der Waals surface area contributed by atoms with Crippen LogP contribution in [0.5, 0.6) is 11.5 Å². The lowest BCUT2D eigenvalue weighted by atomic mass is 9.74. The molecule has 0 radical (unpaired) electrons. The molecule has 0 amide bonds. The molecule has 1 spiro atoms. The second-order valence-electron chi connectivity index (χ2n) is 5.79. The lowest BCUT2D eigenvalue weighted by molar-refractivity contribution is -0.130. The first-order valence-electron chi connectivity index (χ1n) is 7.37. The summed E-state index contributed by atoms with van der Waals surface area (Å²) in [4.78, 5) is 0. The van der Waals surface area contributed by atoms with Crippen molar-refractivity contribution < 1.29 is 14.2 Å². The molecular weight excluding hydrogens is 254 g/mol. The molecule has 1 saturated heterocycles. The fourth-order valence-electron chi connectivity index (χ4n) is 3.21. The Bertz CT molecular complexity index is 471. The van der Waals surface area contributed by atoms with Gasteiger partial charge in [-0.25, -0.2) is 0 Å². The van der Waals surface area contributed by atoms with Crippen molar-refractivity contribution >= 4 is 5.69 Å². The third-order valence-electron chi connectivity index (χ3n) is 4.53. The predicted octanol–water partition coefficient (Wildman–Crippen LogP) is 3.22. The highest BCUT2D eigenvalue weighted by Gasteiger charge is 2.42. The van der Waals surface area contributed by atoms with Crippen molar-refractivity contribution in [2.45, 2.75) is 43.7 Å². The third-order valence-corrected chi connectivity index (χ3v) is 4.53. The summed E-state index contributed by atoms with van der Waals surface area (Å²) < 4.78 is 16.7. The first kappa shape index (κ1) is 13.6. The van der Waals surface area contributed by atoms with Gasteiger partial charge in [0.1, 0.15) is 11.5 Å². The van der Waals surface area contributed by atoms with E-state index in [0.29, 0.717) is 6.04 Å². The molecule has 1 unspecified atom stereocenters. The molecule has 1 aromatic carbocycles. The molecule has 3 rings (SSSR count). The Morgan fingerprint density at radius 3 is 2.75 bits per heavy atom. The smallest absolute Gasteiger partial charge is 0.145 e. The fourth-order valence-corrected chi connectivity index (χ4v) is 3.21. The van der Waals surface area contributed by atoms with Gasteiger partial charge in [0.15, 0.2) is 0 Å². The number of anilines is 1. The van der Waals surface area contributed by atoms with Crippen molar-refractivity contribution in [3.05, 3.63) is 18.2 Å². The van der Waals surface area contributed by atoms with Crippen LogP contribution in [0.25, 0.3) is 0 Å². The molecule has 1 aliphatic carbocycles. The Hall–Kier alpha value is -1.42. The van der Waals surface area contributed by atoms with Gasteiger partial charge in [-0.3, -0.25) is 0 Å². The van der Waals surface area contributed by atoms with Crippen LogP contribution in [0.3, 0.4) is 0 Å². The normalized spacial score (nSPS) is 24.0. The summed E-state index contributed by atoms with van der Waals surface area (Å²) in [5.74, 6) is 1.65. The Kier molecular flexibility index (Phi) is 3.74. The van der Waals surface area contributed by atoms with Crippen molar-refractivity contribution in [2.24, 2.45) is 0 Å². The van der Waals surface area contributed by atoms with E-state index in [2.05, 4.69) is 5.32 Å². The van der Waals surface area contributed by atoms with Crippen molar-refractivity contribution in [3.8, 4) is 11.5 Å². The van der Waals surface area contributed by atoms with Crippen molar-refractivity contribution in [2.75, 3.05) is 26.1 Å². The number of hydrogen-bond acceptors (Lipinski definition) is 4. The van der Waals surface area contributed by atoms with Crippen LogP contribution in [-0.4, -0.2) is 32.5 Å². The van der Waals surface area contributed by atoms with Crippen LogP contribution in [0.4, 0.5) is 5.69 Å². The van der Waals surface area contributed by atoms with Crippen LogP contribution in [0.15, 0.2) is 18.2 Å². The maximum Gasteiger partial charge on any atom is 0.145 e. The molecule has 1 aliphatic heterocycles. The highest BCUT2D eigenvalue weighted by Crippen LogP contribution is 2.43. The molecule has 0 bridgehead atoms. The number of rotatable bonds is 4. The van der Waals surface area contributed by atoms with Gasteiger partial charge in [-0.1, -0.05) is 0 Å². The molecule has 1 atom stereocenters. The molecule has 2 aliphatic rings. The van der Waals surface area contributed by atoms with Crippen molar-refractivity contribution in [1.29, 1.82) is 0 Å². The lowest BCUT2D eigenvalue weighted by Crippen LogP contribution is -2.49. The van der Waals surface area contributed by atoms with Gasteiger partial charge in [-0.05, 0) is 44.2 Å². The molecule has 1 aromatic rings. The minimum absolute atomic E-state index is 0.162. The van der Waals surface area contributed by atoms with E-state index in [4.69, 9.17) is 14.2 Å². The van der Waals surface area contributed by atoms with Crippen LogP contribution in [-0.2, 0) is 4.74 Å². The number of ether oxygens (including phenoxy) is 3. The first-order valence-corrected chi connectivity index (χ1v) is 7.37. The highest BCUT2D eigenvalue weighted by atomic mass is 16.5. The molecule has 4 nitrogen and oxygen atoms in total. The van der Waals surface area contributed by atoms with Crippen LogP contribution >= 0.6 is 0 Å². The highest BCUT2D eigenvalue weighted by molar-refractivity contribution is 5.59. The monoisotopic (exact) mass is 277 g/mol. The molecule has 1 heterocycles. The quantitative estimate of drug-likeness (QED) is 0.917. The number of benzene rings is 1. The predicted molar refractivity (Wildman–Crippen MR) is 78.7 cm³/mol. The van der Waals surface area contributed by atoms with E-state index in [-0.39, 0.29) is 5.60 Å². The summed E-state index contributed by atoms with van der Waals surface area (Å²) >= 11 is 0. The van der Waals surface area contributed by atoms with Gasteiger partial charge in [0.25, 0.3) is 0 Å². The van der Waals surface area contributed by atoms with Gasteiger partial charge < -0.3 is 19.5 Å². The summed E-state index contributed by atoms with van der Waals surface area (Å²) in [6.45, 7) is 0.857. The molecule has 1 saturated carbocycles. The van der Waals surface area contributed by atoms with E-state index in [1.807, 2.05) is 18.2 Å². The van der Waals surface area contributed by atoms with Crippen LogP contribution in [0.1, 0.15) is 32.1 Å². The van der Waals surface area contributed by atoms with Crippen LogP contribution in [0, 0.1) is 0 Å². The molecule has 4 heteroatoms. The van der Waals surface area contributed by atoms with E-state index in [1.54, 1.807) is 14.2 Å². The second-order valence-corrected chi connectivity index (χ2v) is 5.79. The Morgan fingerprint density at radius 1 is 1.25 bits per heavy atom. The average molecular weight is 277 g/mol. The minimum Gasteiger partial charge on any atom is -0.497 e. The SMILES string of the molecule is COc1ccc(NC2CCOC3(CCC3)C2)c(OC)c1. The zero-order valence-electron chi connectivity index (χ0n) is 12.3. The Labute approximate surface area is 120 Å². The van der Waals surface area contributed by atoms with Crippen LogP contribution in [0.2, 0.25) is 0 Å². The summed E-state index contributed by atoms with van der Waals surface area (Å²) in [6, 6.07) is 6.37. The summed E-state index contributed by atoms with van der Waals surface area (Å²) in [5.41, 5.74) is 1.20. The number of methoxy groups -OCH3 is 2. The maximum atomic E-state index is 5.97. The standard InChI is InChI=1S/C16H23NO3/c1-18-13-4-5-14(15(10-13)19-2)17-12-6-9-20-16(11-12)7-3-8-16/h4-5,10,12,17H,3,6-9,11H2,1-2H3. The first-order chi connectivity index (χ1) is 9.74. The number of hydrogen-bond donors (Lipinski definition) is 1. The van der Waals surface area contributed by atoms with Gasteiger partial charge in [0.2, 0.25) is 0 Å². The van der Waals surface area contributed by atoms with Crippen molar-refractivity contribution in [1.82, 2.24) is 0 Å². The summed E-state index contributed by atoms with van der Waals surface area (Å²) in [7, 11) is 3.36. The lowest BCUT2D eigenvalue weighted by Gasteiger charge is -2.47. The van der Waals surface area contributed by atoms with Gasteiger partial charge in [0, 0.05) is 18.7 Å². The Balaban J connectivity index is 1.70. The molecule has 20 heavy (non-hydrogen) atoms. The molecule has 2 fully saturated rings. The van der Waals surface area contributed by atoms with Gasteiger partial charge in [0.05, 0.1) is 25.5 Å². The zero-order chi connectivity index (χ0) is 14.0. The zero-order valence-corrected chi connectivity index (χ0v) is 12.3. The summed E-state index contributed by atoms with van der Waals surface area (Å²) in [5, 5.41) is 3.61. The minimum atomic E-state index is 0.162.